The number of thioether (sulfide) groups is 1. The molecule has 3 N–H and O–H groups in total. The number of rotatable bonds is 6. The van der Waals surface area contributed by atoms with E-state index in [9.17, 15) is 8.42 Å². The van der Waals surface area contributed by atoms with Gasteiger partial charge in [-0.05, 0) is 31.2 Å². The van der Waals surface area contributed by atoms with Crippen molar-refractivity contribution in [2.45, 2.75) is 28.9 Å². The van der Waals surface area contributed by atoms with Crippen LogP contribution in [0.25, 0.3) is 0 Å². The molecule has 1 aromatic carbocycles. The molecule has 0 saturated heterocycles. The Bertz CT molecular complexity index is 604. The smallest absolute Gasteiger partial charge is 0.240 e. The van der Waals surface area contributed by atoms with Gasteiger partial charge in [-0.3, -0.25) is 0 Å². The van der Waals surface area contributed by atoms with Crippen molar-refractivity contribution in [3.63, 3.8) is 0 Å². The van der Waals surface area contributed by atoms with Crippen molar-refractivity contribution in [2.24, 2.45) is 5.73 Å². The number of nitrogens with two attached hydrogens (primary N) is 1. The molecule has 0 spiro atoms. The molecule has 0 amide bonds. The van der Waals surface area contributed by atoms with Crippen LogP contribution in [0.3, 0.4) is 0 Å². The van der Waals surface area contributed by atoms with Crippen LogP contribution in [0.2, 0.25) is 0 Å². The fourth-order valence-corrected chi connectivity index (χ4v) is 4.46. The van der Waals surface area contributed by atoms with Gasteiger partial charge in [0.1, 0.15) is 4.99 Å². The van der Waals surface area contributed by atoms with E-state index in [1.54, 1.807) is 30.0 Å². The van der Waals surface area contributed by atoms with E-state index in [0.29, 0.717) is 12.1 Å². The molecule has 1 saturated carbocycles. The van der Waals surface area contributed by atoms with Crippen molar-refractivity contribution in [3.8, 4) is 0 Å². The first-order valence-corrected chi connectivity index (χ1v) is 9.45. The SMILES string of the molecule is CSC1(CNS(=O)(=O)c2cccc(C(N)=S)c2)CCC1. The van der Waals surface area contributed by atoms with Crippen molar-refractivity contribution < 1.29 is 8.42 Å². The van der Waals surface area contributed by atoms with Crippen LogP contribution in [0.5, 0.6) is 0 Å². The normalized spacial score (nSPS) is 17.4. The first kappa shape index (κ1) is 15.8. The van der Waals surface area contributed by atoms with Gasteiger partial charge in [0.15, 0.2) is 0 Å². The Labute approximate surface area is 129 Å². The van der Waals surface area contributed by atoms with E-state index < -0.39 is 10.0 Å². The lowest BCUT2D eigenvalue weighted by Gasteiger charge is -2.40. The van der Waals surface area contributed by atoms with Crippen LogP contribution in [-0.2, 0) is 10.0 Å². The molecular weight excluding hydrogens is 312 g/mol. The zero-order valence-corrected chi connectivity index (χ0v) is 13.7. The van der Waals surface area contributed by atoms with Crippen LogP contribution in [0.15, 0.2) is 29.2 Å². The number of benzene rings is 1. The zero-order chi connectivity index (χ0) is 14.8. The molecular formula is C13H18N2O2S3. The number of hydrogen-bond donors (Lipinski definition) is 2. The molecule has 0 atom stereocenters. The summed E-state index contributed by atoms with van der Waals surface area (Å²) in [6, 6.07) is 6.42. The van der Waals surface area contributed by atoms with Gasteiger partial charge in [0.25, 0.3) is 0 Å². The molecule has 1 aliphatic rings. The van der Waals surface area contributed by atoms with Crippen LogP contribution >= 0.6 is 24.0 Å². The molecule has 0 heterocycles. The predicted octanol–water partition coefficient (Wildman–Crippen LogP) is 1.88. The predicted molar refractivity (Wildman–Crippen MR) is 87.6 cm³/mol. The van der Waals surface area contributed by atoms with Crippen LogP contribution in [-0.4, -0.2) is 31.0 Å². The average molecular weight is 331 g/mol. The summed E-state index contributed by atoms with van der Waals surface area (Å²) < 4.78 is 27.4. The summed E-state index contributed by atoms with van der Waals surface area (Å²) in [6.07, 6.45) is 5.31. The summed E-state index contributed by atoms with van der Waals surface area (Å²) in [5.41, 5.74) is 6.10. The van der Waals surface area contributed by atoms with E-state index >= 15 is 0 Å². The second-order valence-electron chi connectivity index (χ2n) is 4.96. The minimum atomic E-state index is -3.51. The molecule has 0 unspecified atom stereocenters. The van der Waals surface area contributed by atoms with E-state index in [2.05, 4.69) is 4.72 Å². The minimum absolute atomic E-state index is 0.0633. The molecule has 0 aliphatic heterocycles. The van der Waals surface area contributed by atoms with Crippen LogP contribution in [0, 0.1) is 0 Å². The van der Waals surface area contributed by atoms with Crippen molar-refractivity contribution in [3.05, 3.63) is 29.8 Å². The lowest BCUT2D eigenvalue weighted by molar-refractivity contribution is 0.362. The second-order valence-corrected chi connectivity index (χ2v) is 8.44. The molecule has 110 valence electrons. The Morgan fingerprint density at radius 1 is 1.50 bits per heavy atom. The monoisotopic (exact) mass is 330 g/mol. The van der Waals surface area contributed by atoms with Crippen molar-refractivity contribution >= 4 is 39.0 Å². The number of sulfonamides is 1. The number of thiocarbonyl (C=S) groups is 1. The van der Waals surface area contributed by atoms with Crippen molar-refractivity contribution in [1.82, 2.24) is 4.72 Å². The molecule has 1 aliphatic carbocycles. The van der Waals surface area contributed by atoms with Gasteiger partial charge in [-0.1, -0.05) is 30.8 Å². The van der Waals surface area contributed by atoms with Crippen molar-refractivity contribution in [1.29, 1.82) is 0 Å². The van der Waals surface area contributed by atoms with Gasteiger partial charge < -0.3 is 5.73 Å². The van der Waals surface area contributed by atoms with Crippen LogP contribution < -0.4 is 10.5 Å². The maximum absolute atomic E-state index is 12.3. The fourth-order valence-electron chi connectivity index (χ4n) is 2.15. The Balaban J connectivity index is 2.14. The summed E-state index contributed by atoms with van der Waals surface area (Å²) in [7, 11) is -3.51. The molecule has 1 fully saturated rings. The average Bonchev–Trinajstić information content (AvgIpc) is 2.38. The van der Waals surface area contributed by atoms with E-state index in [-0.39, 0.29) is 14.6 Å². The quantitative estimate of drug-likeness (QED) is 0.779. The molecule has 0 aromatic heterocycles. The van der Waals surface area contributed by atoms with Gasteiger partial charge in [0, 0.05) is 16.9 Å². The Kier molecular flexibility index (Phi) is 4.73. The van der Waals surface area contributed by atoms with Gasteiger partial charge in [0.05, 0.1) is 4.90 Å². The highest BCUT2D eigenvalue weighted by Crippen LogP contribution is 2.42. The third-order valence-electron chi connectivity index (χ3n) is 3.71. The second kappa shape index (κ2) is 6.01. The summed E-state index contributed by atoms with van der Waals surface area (Å²) >= 11 is 6.61. The van der Waals surface area contributed by atoms with E-state index in [0.717, 1.165) is 12.8 Å². The largest absolute Gasteiger partial charge is 0.389 e. The summed E-state index contributed by atoms with van der Waals surface area (Å²) in [4.78, 5) is 0.403. The molecule has 4 nitrogen and oxygen atoms in total. The Morgan fingerprint density at radius 2 is 2.20 bits per heavy atom. The van der Waals surface area contributed by atoms with Gasteiger partial charge in [-0.25, -0.2) is 13.1 Å². The van der Waals surface area contributed by atoms with Crippen molar-refractivity contribution in [2.75, 3.05) is 12.8 Å². The Hall–Kier alpha value is -0.630. The number of nitrogens with one attached hydrogen (secondary N) is 1. The van der Waals surface area contributed by atoms with Gasteiger partial charge in [0.2, 0.25) is 10.0 Å². The van der Waals surface area contributed by atoms with E-state index in [1.165, 1.54) is 12.5 Å². The molecule has 2 rings (SSSR count). The van der Waals surface area contributed by atoms with Crippen LogP contribution in [0.4, 0.5) is 0 Å². The standard InChI is InChI=1S/C13H18N2O2S3/c1-19-13(6-3-7-13)9-15-20(16,17)11-5-2-4-10(8-11)12(14)18/h2,4-5,8,15H,3,6-7,9H2,1H3,(H2,14,18). The van der Waals surface area contributed by atoms with E-state index in [1.807, 2.05) is 6.26 Å². The minimum Gasteiger partial charge on any atom is -0.389 e. The zero-order valence-electron chi connectivity index (χ0n) is 11.3. The number of hydrogen-bond acceptors (Lipinski definition) is 4. The van der Waals surface area contributed by atoms with E-state index in [4.69, 9.17) is 18.0 Å². The summed E-state index contributed by atoms with van der Waals surface area (Å²) in [5.74, 6) is 0. The molecule has 7 heteroatoms. The van der Waals surface area contributed by atoms with Gasteiger partial charge in [-0.2, -0.15) is 11.8 Å². The van der Waals surface area contributed by atoms with Gasteiger partial charge >= 0.3 is 0 Å². The lowest BCUT2D eigenvalue weighted by Crippen LogP contribution is -2.45. The molecule has 20 heavy (non-hydrogen) atoms. The highest BCUT2D eigenvalue weighted by atomic mass is 32.2. The third-order valence-corrected chi connectivity index (χ3v) is 6.76. The molecule has 1 aromatic rings. The van der Waals surface area contributed by atoms with Crippen LogP contribution in [0.1, 0.15) is 24.8 Å². The summed E-state index contributed by atoms with van der Waals surface area (Å²) in [5, 5.41) is 0. The molecule has 0 radical (unpaired) electrons. The topological polar surface area (TPSA) is 72.2 Å². The fraction of sp³-hybridized carbons (Fsp3) is 0.462. The van der Waals surface area contributed by atoms with Gasteiger partial charge in [-0.15, -0.1) is 0 Å². The highest BCUT2D eigenvalue weighted by Gasteiger charge is 2.37. The third kappa shape index (κ3) is 3.33. The first-order valence-electron chi connectivity index (χ1n) is 6.33. The highest BCUT2D eigenvalue weighted by molar-refractivity contribution is 8.00. The maximum atomic E-state index is 12.3. The lowest BCUT2D eigenvalue weighted by atomic mass is 9.84. The summed E-state index contributed by atoms with van der Waals surface area (Å²) in [6.45, 7) is 0.466. The Morgan fingerprint density at radius 3 is 2.70 bits per heavy atom. The maximum Gasteiger partial charge on any atom is 0.240 e. The first-order chi connectivity index (χ1) is 9.38. The molecule has 0 bridgehead atoms.